The maximum atomic E-state index is 2.43. The Morgan fingerprint density at radius 3 is 0.944 bits per heavy atom. The fourth-order valence-corrected chi connectivity index (χ4v) is 3.51. The average Bonchev–Trinajstić information content (AvgIpc) is 2.21. The maximum Gasteiger partial charge on any atom is 0 e. The number of hydrogen-bond donors (Lipinski definition) is 0. The van der Waals surface area contributed by atoms with Crippen molar-refractivity contribution < 1.29 is 32.7 Å². The maximum absolute atomic E-state index is 2.43. The molecule has 0 aromatic heterocycles. The molecule has 0 amide bonds. The van der Waals surface area contributed by atoms with Crippen LogP contribution in [-0.4, -0.2) is 0 Å². The minimum atomic E-state index is 0. The van der Waals surface area contributed by atoms with Crippen LogP contribution in [0.4, 0.5) is 0 Å². The van der Waals surface area contributed by atoms with Crippen molar-refractivity contribution in [3.63, 3.8) is 0 Å². The second-order valence-corrected chi connectivity index (χ2v) is 6.04. The summed E-state index contributed by atoms with van der Waals surface area (Å²) in [6.07, 6.45) is 12.2. The second-order valence-electron chi connectivity index (χ2n) is 6.04. The van der Waals surface area contributed by atoms with Crippen molar-refractivity contribution in [1.82, 2.24) is 0 Å². The predicted octanol–water partition coefficient (Wildman–Crippen LogP) is 6.54. The van der Waals surface area contributed by atoms with Gasteiger partial charge in [0.05, 0.1) is 0 Å². The van der Waals surface area contributed by atoms with E-state index in [9.17, 15) is 0 Å². The summed E-state index contributed by atoms with van der Waals surface area (Å²) in [5.74, 6) is 4.26. The van der Waals surface area contributed by atoms with Gasteiger partial charge in [0.2, 0.25) is 0 Å². The molecule has 2 rings (SSSR count). The normalized spacial score (nSPS) is 35.0. The first kappa shape index (κ1) is 24.1. The van der Waals surface area contributed by atoms with E-state index in [2.05, 4.69) is 13.8 Å². The Hall–Kier alpha value is 1.10. The van der Waals surface area contributed by atoms with E-state index in [4.69, 9.17) is 0 Å². The summed E-state index contributed by atoms with van der Waals surface area (Å²) in [5, 5.41) is 0. The molecule has 2 aliphatic rings. The van der Waals surface area contributed by atoms with Gasteiger partial charge in [0, 0.05) is 32.7 Å². The number of rotatable bonds is 1. The molecule has 0 aromatic rings. The van der Waals surface area contributed by atoms with Crippen LogP contribution in [0.25, 0.3) is 0 Å². The van der Waals surface area contributed by atoms with E-state index in [0.29, 0.717) is 0 Å². The molecule has 0 spiro atoms. The van der Waals surface area contributed by atoms with Gasteiger partial charge in [-0.15, -0.1) is 0 Å². The van der Waals surface area contributed by atoms with E-state index in [1.165, 1.54) is 25.7 Å². The van der Waals surface area contributed by atoms with Gasteiger partial charge in [0.15, 0.2) is 0 Å². The summed E-state index contributed by atoms with van der Waals surface area (Å²) in [7, 11) is 0. The number of hydrogen-bond acceptors (Lipinski definition) is 0. The van der Waals surface area contributed by atoms with E-state index < -0.39 is 0 Å². The van der Waals surface area contributed by atoms with E-state index in [1.807, 2.05) is 0 Å². The summed E-state index contributed by atoms with van der Waals surface area (Å²) in [4.78, 5) is 0. The van der Waals surface area contributed by atoms with Crippen LogP contribution < -0.4 is 0 Å². The first-order valence-electron chi connectivity index (χ1n) is 6.75. The van der Waals surface area contributed by atoms with Gasteiger partial charge in [-0.05, 0) is 49.4 Å². The standard InChI is InChI=1S/C14H26.3CH4.Y/c1-11-3-7-13(8-4-11)14-9-5-12(2)6-10-14;;;;/h11-14H,3-10H2,1-2H3;3*1H4;. The molecule has 18 heavy (non-hydrogen) atoms. The van der Waals surface area contributed by atoms with E-state index >= 15 is 0 Å². The zero-order valence-corrected chi connectivity index (χ0v) is 13.4. The van der Waals surface area contributed by atoms with E-state index in [0.717, 1.165) is 23.7 Å². The zero-order valence-electron chi connectivity index (χ0n) is 10.5. The zero-order chi connectivity index (χ0) is 9.97. The van der Waals surface area contributed by atoms with Gasteiger partial charge in [-0.2, -0.15) is 0 Å². The molecule has 2 saturated carbocycles. The molecule has 0 N–H and O–H groups in total. The Labute approximate surface area is 143 Å². The fourth-order valence-electron chi connectivity index (χ4n) is 3.51. The third kappa shape index (κ3) is 7.04. The first-order chi connectivity index (χ1) is 6.75. The van der Waals surface area contributed by atoms with Gasteiger partial charge in [0.25, 0.3) is 0 Å². The second kappa shape index (κ2) is 11.9. The molecule has 2 aliphatic carbocycles. The Kier molecular flexibility index (Phi) is 16.0. The van der Waals surface area contributed by atoms with Crippen molar-refractivity contribution in [2.75, 3.05) is 0 Å². The summed E-state index contributed by atoms with van der Waals surface area (Å²) < 4.78 is 0. The van der Waals surface area contributed by atoms with Crippen LogP contribution in [0.15, 0.2) is 0 Å². The average molecular weight is 331 g/mol. The Balaban J connectivity index is -0.000000562. The van der Waals surface area contributed by atoms with E-state index in [1.54, 1.807) is 25.7 Å². The molecule has 2 fully saturated rings. The summed E-state index contributed by atoms with van der Waals surface area (Å²) in [6.45, 7) is 4.86. The van der Waals surface area contributed by atoms with Crippen LogP contribution >= 0.6 is 0 Å². The van der Waals surface area contributed by atoms with Crippen molar-refractivity contribution in [2.45, 2.75) is 87.5 Å². The first-order valence-corrected chi connectivity index (χ1v) is 6.75. The van der Waals surface area contributed by atoms with Crippen molar-refractivity contribution in [2.24, 2.45) is 23.7 Å². The summed E-state index contributed by atoms with van der Waals surface area (Å²) in [5.41, 5.74) is 0. The fraction of sp³-hybridized carbons (Fsp3) is 1.00. The van der Waals surface area contributed by atoms with Crippen LogP contribution in [-0.2, 0) is 32.7 Å². The van der Waals surface area contributed by atoms with Crippen molar-refractivity contribution in [3.05, 3.63) is 0 Å². The molecule has 0 bridgehead atoms. The third-order valence-corrected chi connectivity index (χ3v) is 4.79. The van der Waals surface area contributed by atoms with Crippen LogP contribution in [0.2, 0.25) is 0 Å². The van der Waals surface area contributed by atoms with E-state index in [-0.39, 0.29) is 55.0 Å². The van der Waals surface area contributed by atoms with Gasteiger partial charge in [0.1, 0.15) is 0 Å². The third-order valence-electron chi connectivity index (χ3n) is 4.79. The van der Waals surface area contributed by atoms with Crippen LogP contribution in [0.5, 0.6) is 0 Å². The molecule has 0 unspecified atom stereocenters. The molecule has 1 radical (unpaired) electrons. The molecule has 0 aromatic carbocycles. The molecular weight excluding hydrogens is 293 g/mol. The minimum absolute atomic E-state index is 0. The Morgan fingerprint density at radius 2 is 0.722 bits per heavy atom. The van der Waals surface area contributed by atoms with Crippen LogP contribution in [0, 0.1) is 23.7 Å². The minimum Gasteiger partial charge on any atom is -0.0776 e. The van der Waals surface area contributed by atoms with Gasteiger partial charge in [-0.25, -0.2) is 0 Å². The monoisotopic (exact) mass is 331 g/mol. The van der Waals surface area contributed by atoms with Gasteiger partial charge in [-0.3, -0.25) is 0 Å². The Bertz CT molecular complexity index is 142. The molecule has 0 heterocycles. The van der Waals surface area contributed by atoms with Gasteiger partial charge in [-0.1, -0.05) is 61.8 Å². The van der Waals surface area contributed by atoms with Crippen molar-refractivity contribution in [3.8, 4) is 0 Å². The van der Waals surface area contributed by atoms with Gasteiger partial charge < -0.3 is 0 Å². The molecule has 0 saturated heterocycles. The topological polar surface area (TPSA) is 0 Å². The smallest absolute Gasteiger partial charge is 0 e. The molecular formula is C17H38Y. The van der Waals surface area contributed by atoms with Crippen molar-refractivity contribution in [1.29, 1.82) is 0 Å². The van der Waals surface area contributed by atoms with Crippen LogP contribution in [0.1, 0.15) is 87.5 Å². The SMILES string of the molecule is C.C.C.CC1CCC(C2CCC(C)CC2)CC1.[Y]. The molecule has 1 heteroatoms. The predicted molar refractivity (Wildman–Crippen MR) is 82.4 cm³/mol. The Morgan fingerprint density at radius 1 is 0.500 bits per heavy atom. The van der Waals surface area contributed by atoms with Gasteiger partial charge >= 0.3 is 0 Å². The molecule has 0 atom stereocenters. The quantitative estimate of drug-likeness (QED) is 0.511. The summed E-state index contributed by atoms with van der Waals surface area (Å²) >= 11 is 0. The molecule has 0 nitrogen and oxygen atoms in total. The summed E-state index contributed by atoms with van der Waals surface area (Å²) in [6, 6.07) is 0. The molecule has 109 valence electrons. The van der Waals surface area contributed by atoms with Crippen LogP contribution in [0.3, 0.4) is 0 Å². The largest absolute Gasteiger partial charge is 0.0776 e. The molecule has 0 aliphatic heterocycles. The van der Waals surface area contributed by atoms with Crippen molar-refractivity contribution >= 4 is 0 Å².